The third kappa shape index (κ3) is 2.43. The molecule has 0 aromatic carbocycles. The van der Waals surface area contributed by atoms with Crippen molar-refractivity contribution in [2.45, 2.75) is 43.3 Å². The van der Waals surface area contributed by atoms with Crippen LogP contribution in [-0.4, -0.2) is 17.3 Å². The van der Waals surface area contributed by atoms with Gasteiger partial charge in [-0.3, -0.25) is 0 Å². The van der Waals surface area contributed by atoms with Crippen molar-refractivity contribution in [1.82, 2.24) is 0 Å². The number of thiol groups is 1. The molecule has 2 nitrogen and oxygen atoms in total. The Labute approximate surface area is 115 Å². The monoisotopic (exact) mass is 290 g/mol. The lowest BCUT2D eigenvalue weighted by Gasteiger charge is -2.56. The van der Waals surface area contributed by atoms with E-state index in [2.05, 4.69) is 12.6 Å². The number of ether oxygens (including phenoxy) is 1. The van der Waals surface area contributed by atoms with Gasteiger partial charge in [-0.25, -0.2) is 9.18 Å². The molecule has 4 rings (SSSR count). The van der Waals surface area contributed by atoms with Gasteiger partial charge in [-0.1, -0.05) is 9.24 Å². The molecule has 0 N–H and O–H groups in total. The Kier molecular flexibility index (Phi) is 3.18. The number of carbonyl (C=O) groups is 1. The molecule has 0 aliphatic heterocycles. The van der Waals surface area contributed by atoms with Crippen molar-refractivity contribution in [2.75, 3.05) is 6.61 Å². The molecular weight excluding hydrogens is 270 g/mol. The standard InChI is InChI=1S/C13H20FO2PS/c14-13(17,18)11(15)16-7-12-4-8-1-9(5-12)3-10(2-8)6-12/h8-10,18H,1-7,17H2. The minimum Gasteiger partial charge on any atom is -0.462 e. The lowest BCUT2D eigenvalue weighted by Crippen LogP contribution is -2.48. The van der Waals surface area contributed by atoms with Gasteiger partial charge in [0.1, 0.15) is 0 Å². The molecule has 4 aliphatic carbocycles. The number of hydrogen-bond acceptors (Lipinski definition) is 3. The van der Waals surface area contributed by atoms with Gasteiger partial charge in [0.15, 0.2) is 0 Å². The molecule has 18 heavy (non-hydrogen) atoms. The van der Waals surface area contributed by atoms with E-state index < -0.39 is 10.7 Å². The number of esters is 1. The van der Waals surface area contributed by atoms with Gasteiger partial charge in [0.05, 0.1) is 6.61 Å². The van der Waals surface area contributed by atoms with Gasteiger partial charge in [0.2, 0.25) is 0 Å². The molecule has 0 radical (unpaired) electrons. The van der Waals surface area contributed by atoms with Crippen LogP contribution >= 0.6 is 21.9 Å². The van der Waals surface area contributed by atoms with Gasteiger partial charge in [-0.15, -0.1) is 12.6 Å². The first-order valence-corrected chi connectivity index (χ1v) is 7.76. The normalized spacial score (nSPS) is 44.7. The predicted molar refractivity (Wildman–Crippen MR) is 74.1 cm³/mol. The van der Waals surface area contributed by atoms with Crippen molar-refractivity contribution < 1.29 is 13.9 Å². The summed E-state index contributed by atoms with van der Waals surface area (Å²) in [6, 6.07) is 0. The largest absolute Gasteiger partial charge is 0.462 e. The van der Waals surface area contributed by atoms with Crippen LogP contribution in [0.15, 0.2) is 0 Å². The van der Waals surface area contributed by atoms with Gasteiger partial charge in [-0.2, -0.15) is 0 Å². The summed E-state index contributed by atoms with van der Waals surface area (Å²) < 4.78 is 16.2. The number of hydrogen-bond donors (Lipinski definition) is 1. The summed E-state index contributed by atoms with van der Waals surface area (Å²) in [6.07, 6.45) is 7.56. The van der Waals surface area contributed by atoms with E-state index in [0.717, 1.165) is 37.0 Å². The molecule has 102 valence electrons. The van der Waals surface area contributed by atoms with Crippen molar-refractivity contribution in [3.8, 4) is 0 Å². The summed E-state index contributed by atoms with van der Waals surface area (Å²) in [5, 5.41) is 0. The van der Waals surface area contributed by atoms with E-state index in [1.54, 1.807) is 9.24 Å². The highest BCUT2D eigenvalue weighted by molar-refractivity contribution is 7.87. The van der Waals surface area contributed by atoms with Crippen molar-refractivity contribution in [3.63, 3.8) is 0 Å². The highest BCUT2D eigenvalue weighted by atomic mass is 32.1. The van der Waals surface area contributed by atoms with Crippen LogP contribution in [-0.2, 0) is 9.53 Å². The maximum absolute atomic E-state index is 13.3. The number of halogens is 1. The first-order chi connectivity index (χ1) is 8.36. The summed E-state index contributed by atoms with van der Waals surface area (Å²) in [5.74, 6) is 1.58. The SMILES string of the molecule is O=C(OCC12CC3CC(CC(C3)C1)C2)C(F)(P)S. The minimum atomic E-state index is -2.25. The molecule has 2 atom stereocenters. The molecule has 4 saturated carbocycles. The smallest absolute Gasteiger partial charge is 0.358 e. The Morgan fingerprint density at radius 1 is 1.28 bits per heavy atom. The van der Waals surface area contributed by atoms with Crippen molar-refractivity contribution in [2.24, 2.45) is 23.2 Å². The van der Waals surface area contributed by atoms with Crippen LogP contribution in [0.2, 0.25) is 0 Å². The maximum Gasteiger partial charge on any atom is 0.358 e. The van der Waals surface area contributed by atoms with Crippen molar-refractivity contribution in [1.29, 1.82) is 0 Å². The third-order valence-electron chi connectivity index (χ3n) is 4.96. The molecule has 0 aromatic heterocycles. The van der Waals surface area contributed by atoms with Crippen LogP contribution in [0.25, 0.3) is 0 Å². The molecule has 0 amide bonds. The van der Waals surface area contributed by atoms with Gasteiger partial charge >= 0.3 is 5.97 Å². The van der Waals surface area contributed by atoms with Crippen LogP contribution in [0.4, 0.5) is 4.39 Å². The Morgan fingerprint density at radius 2 is 1.72 bits per heavy atom. The molecule has 4 bridgehead atoms. The van der Waals surface area contributed by atoms with E-state index in [4.69, 9.17) is 4.74 Å². The fourth-order valence-electron chi connectivity index (χ4n) is 4.79. The van der Waals surface area contributed by atoms with Gasteiger partial charge in [-0.05, 0) is 56.3 Å². The Morgan fingerprint density at radius 3 is 2.11 bits per heavy atom. The van der Waals surface area contributed by atoms with Crippen molar-refractivity contribution in [3.05, 3.63) is 0 Å². The number of alkyl halides is 1. The molecular formula is C13H20FO2PS. The van der Waals surface area contributed by atoms with E-state index in [9.17, 15) is 9.18 Å². The van der Waals surface area contributed by atoms with Crippen LogP contribution < -0.4 is 0 Å². The highest BCUT2D eigenvalue weighted by Gasteiger charge is 2.51. The molecule has 0 spiro atoms. The lowest BCUT2D eigenvalue weighted by molar-refractivity contribution is -0.159. The topological polar surface area (TPSA) is 26.3 Å². The minimum absolute atomic E-state index is 0.147. The molecule has 4 fully saturated rings. The molecule has 0 aromatic rings. The van der Waals surface area contributed by atoms with Gasteiger partial charge in [0.25, 0.3) is 4.74 Å². The zero-order valence-corrected chi connectivity index (χ0v) is 12.4. The van der Waals surface area contributed by atoms with Gasteiger partial charge in [0, 0.05) is 5.41 Å². The molecule has 4 aliphatic rings. The first-order valence-electron chi connectivity index (χ1n) is 6.74. The van der Waals surface area contributed by atoms with Crippen molar-refractivity contribution >= 4 is 27.8 Å². The highest BCUT2D eigenvalue weighted by Crippen LogP contribution is 2.60. The van der Waals surface area contributed by atoms with E-state index in [-0.39, 0.29) is 5.41 Å². The molecule has 0 saturated heterocycles. The van der Waals surface area contributed by atoms with E-state index in [1.807, 2.05) is 0 Å². The average Bonchev–Trinajstić information content (AvgIpc) is 2.22. The second-order valence-corrected chi connectivity index (χ2v) is 8.60. The fourth-order valence-corrected chi connectivity index (χ4v) is 4.93. The fraction of sp³-hybridized carbons (Fsp3) is 0.923. The van der Waals surface area contributed by atoms with Gasteiger partial charge < -0.3 is 4.74 Å². The summed E-state index contributed by atoms with van der Waals surface area (Å²) in [7, 11) is 1.78. The maximum atomic E-state index is 13.3. The number of rotatable bonds is 3. The zero-order valence-electron chi connectivity index (χ0n) is 10.4. The second-order valence-electron chi connectivity index (χ2n) is 6.67. The summed E-state index contributed by atoms with van der Waals surface area (Å²) in [4.78, 5) is 11.5. The van der Waals surface area contributed by atoms with E-state index in [0.29, 0.717) is 6.61 Å². The summed E-state index contributed by atoms with van der Waals surface area (Å²) in [6.45, 7) is 0.385. The quantitative estimate of drug-likeness (QED) is 0.491. The Hall–Kier alpha value is 0.180. The molecule has 5 heteroatoms. The second kappa shape index (κ2) is 4.34. The van der Waals surface area contributed by atoms with E-state index in [1.165, 1.54) is 19.3 Å². The molecule has 0 heterocycles. The third-order valence-corrected chi connectivity index (χ3v) is 5.38. The Balaban J connectivity index is 1.64. The van der Waals surface area contributed by atoms with Crippen LogP contribution in [0.5, 0.6) is 0 Å². The summed E-state index contributed by atoms with van der Waals surface area (Å²) >= 11 is 3.58. The van der Waals surface area contributed by atoms with E-state index >= 15 is 0 Å². The average molecular weight is 290 g/mol. The molecule has 2 unspecified atom stereocenters. The van der Waals surface area contributed by atoms with Crippen LogP contribution in [0.1, 0.15) is 38.5 Å². The van der Waals surface area contributed by atoms with Crippen LogP contribution in [0.3, 0.4) is 0 Å². The van der Waals surface area contributed by atoms with Crippen LogP contribution in [0, 0.1) is 23.2 Å². The zero-order chi connectivity index (χ0) is 13.0. The predicted octanol–water partition coefficient (Wildman–Crippen LogP) is 3.17. The Bertz CT molecular complexity index is 331. The first kappa shape index (κ1) is 13.2. The lowest BCUT2D eigenvalue weighted by atomic mass is 9.50. The summed E-state index contributed by atoms with van der Waals surface area (Å²) in [5.41, 5.74) is 0.147. The number of carbonyl (C=O) groups excluding carboxylic acids is 1.